The largest absolute Gasteiger partial charge is 0.394 e. The van der Waals surface area contributed by atoms with Crippen LogP contribution in [0.5, 0.6) is 0 Å². The molecule has 0 spiro atoms. The van der Waals surface area contributed by atoms with E-state index in [1.165, 1.54) is 6.07 Å². The lowest BCUT2D eigenvalue weighted by Crippen LogP contribution is -2.48. The monoisotopic (exact) mass is 267 g/mol. The maximum absolute atomic E-state index is 11.7. The summed E-state index contributed by atoms with van der Waals surface area (Å²) >= 11 is 0. The number of nitrogens with zero attached hydrogens (tertiary/aromatic N) is 2. The van der Waals surface area contributed by atoms with E-state index >= 15 is 0 Å². The molecule has 0 saturated carbocycles. The summed E-state index contributed by atoms with van der Waals surface area (Å²) in [5.41, 5.74) is -0.145. The first kappa shape index (κ1) is 14.0. The summed E-state index contributed by atoms with van der Waals surface area (Å²) in [4.78, 5) is 20.9. The van der Waals surface area contributed by atoms with Crippen molar-refractivity contribution < 1.29 is 9.84 Å². The van der Waals surface area contributed by atoms with Gasteiger partial charge >= 0.3 is 0 Å². The van der Waals surface area contributed by atoms with Crippen molar-refractivity contribution in [3.8, 4) is 0 Å². The quantitative estimate of drug-likeness (QED) is 0.833. The third kappa shape index (κ3) is 3.33. The number of aliphatic hydroxyl groups is 1. The van der Waals surface area contributed by atoms with Crippen LogP contribution in [0.4, 0.5) is 5.82 Å². The number of morpholine rings is 1. The lowest BCUT2D eigenvalue weighted by Gasteiger charge is -2.36. The minimum Gasteiger partial charge on any atom is -0.394 e. The lowest BCUT2D eigenvalue weighted by atomic mass is 10.2. The second-order valence-corrected chi connectivity index (χ2v) is 5.30. The van der Waals surface area contributed by atoms with Gasteiger partial charge in [-0.15, -0.1) is 0 Å². The number of hydrogen-bond donors (Lipinski definition) is 2. The van der Waals surface area contributed by atoms with Gasteiger partial charge in [0.15, 0.2) is 0 Å². The van der Waals surface area contributed by atoms with E-state index in [1.54, 1.807) is 0 Å². The van der Waals surface area contributed by atoms with Crippen molar-refractivity contribution in [2.75, 3.05) is 24.6 Å². The summed E-state index contributed by atoms with van der Waals surface area (Å²) in [6, 6.07) is 1.50. The molecule has 2 atom stereocenters. The van der Waals surface area contributed by atoms with Crippen LogP contribution in [0.25, 0.3) is 0 Å². The number of nitrogens with one attached hydrogen (secondary N) is 1. The van der Waals surface area contributed by atoms with Gasteiger partial charge in [0.05, 0.1) is 18.8 Å². The summed E-state index contributed by atoms with van der Waals surface area (Å²) in [6.45, 7) is 7.12. The summed E-state index contributed by atoms with van der Waals surface area (Å²) < 4.78 is 5.59. The predicted molar refractivity (Wildman–Crippen MR) is 72.6 cm³/mol. The Labute approximate surface area is 112 Å². The average Bonchev–Trinajstić information content (AvgIpc) is 2.37. The zero-order valence-electron chi connectivity index (χ0n) is 11.6. The zero-order valence-corrected chi connectivity index (χ0v) is 11.6. The molecule has 19 heavy (non-hydrogen) atoms. The molecule has 1 aliphatic heterocycles. The molecule has 2 rings (SSSR count). The van der Waals surface area contributed by atoms with Crippen molar-refractivity contribution in [3.05, 3.63) is 22.2 Å². The topological polar surface area (TPSA) is 78.5 Å². The minimum atomic E-state index is -0.229. The first-order chi connectivity index (χ1) is 8.99. The molecule has 2 N–H and O–H groups in total. The van der Waals surface area contributed by atoms with Gasteiger partial charge in [0.2, 0.25) is 0 Å². The van der Waals surface area contributed by atoms with Crippen LogP contribution in [0.2, 0.25) is 0 Å². The number of anilines is 1. The van der Waals surface area contributed by atoms with Crippen molar-refractivity contribution in [1.82, 2.24) is 9.97 Å². The fourth-order valence-electron chi connectivity index (χ4n) is 2.23. The number of H-pyrrole nitrogens is 1. The summed E-state index contributed by atoms with van der Waals surface area (Å²) in [5.74, 6) is 1.50. The SMILES string of the molecule is CC1CN(c2cc(=O)[nH]c(C(C)C)n2)CC(CO)O1. The Morgan fingerprint density at radius 2 is 2.32 bits per heavy atom. The van der Waals surface area contributed by atoms with Crippen molar-refractivity contribution >= 4 is 5.82 Å². The highest BCUT2D eigenvalue weighted by Gasteiger charge is 2.26. The van der Waals surface area contributed by atoms with E-state index < -0.39 is 0 Å². The molecule has 1 aromatic heterocycles. The molecule has 0 bridgehead atoms. The highest BCUT2D eigenvalue weighted by Crippen LogP contribution is 2.18. The van der Waals surface area contributed by atoms with Gasteiger partial charge in [0, 0.05) is 25.1 Å². The van der Waals surface area contributed by atoms with E-state index in [-0.39, 0.29) is 30.3 Å². The maximum Gasteiger partial charge on any atom is 0.252 e. The first-order valence-corrected chi connectivity index (χ1v) is 6.62. The van der Waals surface area contributed by atoms with Gasteiger partial charge in [-0.1, -0.05) is 13.8 Å². The molecule has 1 aliphatic rings. The van der Waals surface area contributed by atoms with E-state index in [0.717, 1.165) is 0 Å². The molecular formula is C13H21N3O3. The standard InChI is InChI=1S/C13H21N3O3/c1-8(2)13-14-11(4-12(18)15-13)16-5-9(3)19-10(6-16)7-17/h4,8-10,17H,5-7H2,1-3H3,(H,14,15,18). The normalized spacial score (nSPS) is 23.9. The van der Waals surface area contributed by atoms with Crippen LogP contribution in [0.1, 0.15) is 32.5 Å². The van der Waals surface area contributed by atoms with Crippen LogP contribution in [-0.4, -0.2) is 47.0 Å². The van der Waals surface area contributed by atoms with Crippen LogP contribution in [-0.2, 0) is 4.74 Å². The Balaban J connectivity index is 2.27. The van der Waals surface area contributed by atoms with Gasteiger partial charge in [-0.25, -0.2) is 4.98 Å². The van der Waals surface area contributed by atoms with Gasteiger partial charge < -0.3 is 19.7 Å². The molecular weight excluding hydrogens is 246 g/mol. The van der Waals surface area contributed by atoms with Gasteiger partial charge in [0.1, 0.15) is 11.6 Å². The second kappa shape index (κ2) is 5.71. The van der Waals surface area contributed by atoms with Crippen LogP contribution >= 0.6 is 0 Å². The number of aliphatic hydroxyl groups excluding tert-OH is 1. The molecule has 1 saturated heterocycles. The Hall–Kier alpha value is -1.40. The third-order valence-electron chi connectivity index (χ3n) is 3.15. The molecule has 2 heterocycles. The maximum atomic E-state index is 11.7. The molecule has 0 amide bonds. The van der Waals surface area contributed by atoms with Crippen molar-refractivity contribution in [1.29, 1.82) is 0 Å². The zero-order chi connectivity index (χ0) is 14.0. The van der Waals surface area contributed by atoms with Crippen molar-refractivity contribution in [2.45, 2.75) is 38.9 Å². The summed E-state index contributed by atoms with van der Waals surface area (Å²) in [6.07, 6.45) is -0.221. The van der Waals surface area contributed by atoms with Crippen LogP contribution < -0.4 is 10.5 Å². The number of aromatic amines is 1. The fraction of sp³-hybridized carbons (Fsp3) is 0.692. The van der Waals surface area contributed by atoms with E-state index in [1.807, 2.05) is 25.7 Å². The second-order valence-electron chi connectivity index (χ2n) is 5.30. The van der Waals surface area contributed by atoms with E-state index in [0.29, 0.717) is 24.7 Å². The molecule has 6 heteroatoms. The number of ether oxygens (including phenoxy) is 1. The van der Waals surface area contributed by atoms with Crippen LogP contribution in [0.3, 0.4) is 0 Å². The van der Waals surface area contributed by atoms with Gasteiger partial charge in [-0.05, 0) is 6.92 Å². The molecule has 1 aromatic rings. The van der Waals surface area contributed by atoms with Crippen molar-refractivity contribution in [2.24, 2.45) is 0 Å². The highest BCUT2D eigenvalue weighted by molar-refractivity contribution is 5.38. The molecule has 2 unspecified atom stereocenters. The Bertz CT molecular complexity index is 486. The Kier molecular flexibility index (Phi) is 4.21. The minimum absolute atomic E-state index is 0.00878. The smallest absolute Gasteiger partial charge is 0.252 e. The van der Waals surface area contributed by atoms with Crippen LogP contribution in [0.15, 0.2) is 10.9 Å². The number of hydrogen-bond acceptors (Lipinski definition) is 5. The highest BCUT2D eigenvalue weighted by atomic mass is 16.5. The first-order valence-electron chi connectivity index (χ1n) is 6.62. The summed E-state index contributed by atoms with van der Waals surface area (Å²) in [7, 11) is 0. The van der Waals surface area contributed by atoms with Crippen molar-refractivity contribution in [3.63, 3.8) is 0 Å². The van der Waals surface area contributed by atoms with Gasteiger partial charge in [-0.2, -0.15) is 0 Å². The van der Waals surface area contributed by atoms with E-state index in [4.69, 9.17) is 4.74 Å². The fourth-order valence-corrected chi connectivity index (χ4v) is 2.23. The molecule has 106 valence electrons. The summed E-state index contributed by atoms with van der Waals surface area (Å²) in [5, 5.41) is 9.23. The molecule has 0 aliphatic carbocycles. The lowest BCUT2D eigenvalue weighted by molar-refractivity contribution is -0.0423. The van der Waals surface area contributed by atoms with E-state index in [9.17, 15) is 9.90 Å². The molecule has 0 aromatic carbocycles. The predicted octanol–water partition coefficient (Wildman–Crippen LogP) is 0.479. The third-order valence-corrected chi connectivity index (χ3v) is 3.15. The van der Waals surface area contributed by atoms with Crippen LogP contribution in [0, 0.1) is 0 Å². The molecule has 6 nitrogen and oxygen atoms in total. The average molecular weight is 267 g/mol. The Morgan fingerprint density at radius 1 is 1.58 bits per heavy atom. The number of aromatic nitrogens is 2. The van der Waals surface area contributed by atoms with Gasteiger partial charge in [-0.3, -0.25) is 4.79 Å². The van der Waals surface area contributed by atoms with E-state index in [2.05, 4.69) is 9.97 Å². The van der Waals surface area contributed by atoms with Gasteiger partial charge in [0.25, 0.3) is 5.56 Å². The Morgan fingerprint density at radius 3 is 2.95 bits per heavy atom. The number of rotatable bonds is 3. The molecule has 0 radical (unpaired) electrons. The molecule has 1 fully saturated rings.